The second kappa shape index (κ2) is 6.39. The molecule has 20 heavy (non-hydrogen) atoms. The van der Waals surface area contributed by atoms with E-state index in [1.54, 1.807) is 0 Å². The van der Waals surface area contributed by atoms with Crippen molar-refractivity contribution in [3.05, 3.63) is 17.5 Å². The van der Waals surface area contributed by atoms with E-state index in [4.69, 9.17) is 0 Å². The van der Waals surface area contributed by atoms with Crippen LogP contribution in [-0.2, 0) is 11.8 Å². The number of nitrogens with one attached hydrogen (secondary N) is 1. The second-order valence-electron chi connectivity index (χ2n) is 6.05. The highest BCUT2D eigenvalue weighted by molar-refractivity contribution is 5.76. The highest BCUT2D eigenvalue weighted by Crippen LogP contribution is 2.21. The van der Waals surface area contributed by atoms with Crippen LogP contribution in [-0.4, -0.2) is 40.7 Å². The molecule has 1 saturated heterocycles. The number of hydrogen-bond acceptors (Lipinski definition) is 3. The number of amides is 1. The van der Waals surface area contributed by atoms with Crippen LogP contribution in [0.3, 0.4) is 0 Å². The van der Waals surface area contributed by atoms with Gasteiger partial charge in [0, 0.05) is 24.7 Å². The standard InChI is InChI=1S/C15H26N4O/c1-11(14-10-16-19(4)12(14)2)17-15(20)9-13-5-7-18(3)8-6-13/h10-11,13H,5-9H2,1-4H3,(H,17,20)/t11-/m0/s1. The zero-order chi connectivity index (χ0) is 14.7. The van der Waals surface area contributed by atoms with Gasteiger partial charge in [-0.15, -0.1) is 0 Å². The van der Waals surface area contributed by atoms with Crippen molar-refractivity contribution >= 4 is 5.91 Å². The molecule has 5 heteroatoms. The van der Waals surface area contributed by atoms with Crippen molar-refractivity contribution in [2.45, 2.75) is 39.2 Å². The number of rotatable bonds is 4. The first-order valence-electron chi connectivity index (χ1n) is 7.43. The summed E-state index contributed by atoms with van der Waals surface area (Å²) < 4.78 is 1.84. The summed E-state index contributed by atoms with van der Waals surface area (Å²) in [6.45, 7) is 6.27. The summed E-state index contributed by atoms with van der Waals surface area (Å²) in [5.74, 6) is 0.698. The van der Waals surface area contributed by atoms with Gasteiger partial charge in [-0.1, -0.05) is 0 Å². The number of aryl methyl sites for hydroxylation is 1. The van der Waals surface area contributed by atoms with Crippen LogP contribution in [0.4, 0.5) is 0 Å². The third-order valence-corrected chi connectivity index (χ3v) is 4.43. The minimum Gasteiger partial charge on any atom is -0.349 e. The minimum absolute atomic E-state index is 0.0301. The Hall–Kier alpha value is -1.36. The number of piperidine rings is 1. The number of hydrogen-bond donors (Lipinski definition) is 1. The van der Waals surface area contributed by atoms with Crippen LogP contribution in [0.5, 0.6) is 0 Å². The van der Waals surface area contributed by atoms with Gasteiger partial charge in [0.15, 0.2) is 0 Å². The predicted molar refractivity (Wildman–Crippen MR) is 79.3 cm³/mol. The summed E-state index contributed by atoms with van der Waals surface area (Å²) >= 11 is 0. The normalized spacial score (nSPS) is 19.0. The number of carbonyl (C=O) groups excluding carboxylic acids is 1. The SMILES string of the molecule is Cc1c([C@H](C)NC(=O)CC2CCN(C)CC2)cnn1C. The monoisotopic (exact) mass is 278 g/mol. The van der Waals surface area contributed by atoms with Crippen molar-refractivity contribution in [1.29, 1.82) is 0 Å². The zero-order valence-corrected chi connectivity index (χ0v) is 13.0. The fourth-order valence-corrected chi connectivity index (χ4v) is 2.85. The molecule has 1 aliphatic rings. The van der Waals surface area contributed by atoms with Gasteiger partial charge in [-0.2, -0.15) is 5.10 Å². The molecular weight excluding hydrogens is 252 g/mol. The van der Waals surface area contributed by atoms with E-state index in [0.29, 0.717) is 12.3 Å². The molecule has 0 radical (unpaired) electrons. The largest absolute Gasteiger partial charge is 0.349 e. The molecule has 0 aliphatic carbocycles. The lowest BCUT2D eigenvalue weighted by molar-refractivity contribution is -0.123. The summed E-state index contributed by atoms with van der Waals surface area (Å²) in [5, 5.41) is 7.33. The van der Waals surface area contributed by atoms with Crippen molar-refractivity contribution in [3.8, 4) is 0 Å². The molecule has 0 unspecified atom stereocenters. The van der Waals surface area contributed by atoms with Gasteiger partial charge in [-0.3, -0.25) is 9.48 Å². The number of nitrogens with zero attached hydrogens (tertiary/aromatic N) is 3. The van der Waals surface area contributed by atoms with Crippen LogP contribution in [0, 0.1) is 12.8 Å². The Balaban J connectivity index is 1.83. The molecule has 1 atom stereocenters. The van der Waals surface area contributed by atoms with Gasteiger partial charge in [0.05, 0.1) is 12.2 Å². The Kier molecular flexibility index (Phi) is 4.81. The lowest BCUT2D eigenvalue weighted by atomic mass is 9.93. The maximum atomic E-state index is 12.1. The second-order valence-corrected chi connectivity index (χ2v) is 6.05. The highest BCUT2D eigenvalue weighted by Gasteiger charge is 2.21. The molecule has 0 saturated carbocycles. The van der Waals surface area contributed by atoms with Crippen LogP contribution in [0.2, 0.25) is 0 Å². The maximum Gasteiger partial charge on any atom is 0.220 e. The third kappa shape index (κ3) is 3.60. The summed E-state index contributed by atoms with van der Waals surface area (Å²) in [7, 11) is 4.06. The molecule has 0 bridgehead atoms. The molecule has 1 amide bonds. The first-order chi connectivity index (χ1) is 9.47. The summed E-state index contributed by atoms with van der Waals surface area (Å²) in [4.78, 5) is 14.5. The van der Waals surface area contributed by atoms with E-state index in [1.807, 2.05) is 31.8 Å². The Bertz CT molecular complexity index is 460. The van der Waals surface area contributed by atoms with Gasteiger partial charge in [-0.25, -0.2) is 0 Å². The Morgan fingerprint density at radius 2 is 2.10 bits per heavy atom. The van der Waals surface area contributed by atoms with Gasteiger partial charge in [0.2, 0.25) is 5.91 Å². The van der Waals surface area contributed by atoms with E-state index in [0.717, 1.165) is 37.2 Å². The highest BCUT2D eigenvalue weighted by atomic mass is 16.1. The topological polar surface area (TPSA) is 50.2 Å². The molecule has 0 aromatic carbocycles. The fraction of sp³-hybridized carbons (Fsp3) is 0.733. The van der Waals surface area contributed by atoms with Crippen molar-refractivity contribution in [2.24, 2.45) is 13.0 Å². The van der Waals surface area contributed by atoms with Crippen LogP contribution < -0.4 is 5.32 Å². The smallest absolute Gasteiger partial charge is 0.220 e. The summed E-state index contributed by atoms with van der Waals surface area (Å²) in [6.07, 6.45) is 4.75. The van der Waals surface area contributed by atoms with E-state index in [1.165, 1.54) is 0 Å². The van der Waals surface area contributed by atoms with Crippen molar-refractivity contribution in [1.82, 2.24) is 20.0 Å². The number of carbonyl (C=O) groups is 1. The van der Waals surface area contributed by atoms with Crippen molar-refractivity contribution < 1.29 is 4.79 Å². The van der Waals surface area contributed by atoms with Crippen molar-refractivity contribution in [2.75, 3.05) is 20.1 Å². The average Bonchev–Trinajstić information content (AvgIpc) is 2.73. The molecule has 1 N–H and O–H groups in total. The molecule has 2 rings (SSSR count). The number of likely N-dealkylation sites (tertiary alicyclic amines) is 1. The minimum atomic E-state index is 0.0301. The van der Waals surface area contributed by atoms with Gasteiger partial charge < -0.3 is 10.2 Å². The van der Waals surface area contributed by atoms with Crippen molar-refractivity contribution in [3.63, 3.8) is 0 Å². The lowest BCUT2D eigenvalue weighted by Crippen LogP contribution is -2.34. The zero-order valence-electron chi connectivity index (χ0n) is 13.0. The van der Waals surface area contributed by atoms with Crippen LogP contribution in [0.25, 0.3) is 0 Å². The van der Waals surface area contributed by atoms with Gasteiger partial charge in [0.25, 0.3) is 0 Å². The van der Waals surface area contributed by atoms with Crippen LogP contribution >= 0.6 is 0 Å². The summed E-state index contributed by atoms with van der Waals surface area (Å²) in [6, 6.07) is 0.0301. The Labute approximate surface area is 121 Å². The first kappa shape index (κ1) is 15.0. The molecule has 1 fully saturated rings. The molecule has 2 heterocycles. The summed E-state index contributed by atoms with van der Waals surface area (Å²) in [5.41, 5.74) is 2.21. The van der Waals surface area contributed by atoms with E-state index in [9.17, 15) is 4.79 Å². The van der Waals surface area contributed by atoms with Gasteiger partial charge in [0.1, 0.15) is 0 Å². The molecule has 5 nitrogen and oxygen atoms in total. The third-order valence-electron chi connectivity index (χ3n) is 4.43. The van der Waals surface area contributed by atoms with E-state index in [-0.39, 0.29) is 11.9 Å². The van der Waals surface area contributed by atoms with E-state index in [2.05, 4.69) is 22.4 Å². The Morgan fingerprint density at radius 1 is 1.45 bits per heavy atom. The molecule has 1 aromatic heterocycles. The molecule has 1 aromatic rings. The van der Waals surface area contributed by atoms with Crippen LogP contribution in [0.15, 0.2) is 6.20 Å². The Morgan fingerprint density at radius 3 is 2.65 bits per heavy atom. The van der Waals surface area contributed by atoms with E-state index >= 15 is 0 Å². The lowest BCUT2D eigenvalue weighted by Gasteiger charge is -2.28. The first-order valence-corrected chi connectivity index (χ1v) is 7.43. The van der Waals surface area contributed by atoms with Gasteiger partial charge >= 0.3 is 0 Å². The molecule has 1 aliphatic heterocycles. The van der Waals surface area contributed by atoms with E-state index < -0.39 is 0 Å². The predicted octanol–water partition coefficient (Wildman–Crippen LogP) is 1.64. The average molecular weight is 278 g/mol. The maximum absolute atomic E-state index is 12.1. The molecule has 112 valence electrons. The fourth-order valence-electron chi connectivity index (χ4n) is 2.85. The molecular formula is C15H26N4O. The van der Waals surface area contributed by atoms with Crippen LogP contribution in [0.1, 0.15) is 43.5 Å². The molecule has 0 spiro atoms. The number of aromatic nitrogens is 2. The van der Waals surface area contributed by atoms with Gasteiger partial charge in [-0.05, 0) is 52.7 Å². The quantitative estimate of drug-likeness (QED) is 0.911.